The average molecular weight is 357 g/mol. The summed E-state index contributed by atoms with van der Waals surface area (Å²) in [5, 5.41) is 0. The molecule has 0 unspecified atom stereocenters. The zero-order valence-electron chi connectivity index (χ0n) is 16.1. The first-order valence-electron chi connectivity index (χ1n) is 10.3. The Morgan fingerprint density at radius 2 is 1.73 bits per heavy atom. The average Bonchev–Trinajstić information content (AvgIpc) is 2.68. The number of rotatable bonds is 6. The molecule has 0 aliphatic carbocycles. The first-order chi connectivity index (χ1) is 12.7. The van der Waals surface area contributed by atoms with E-state index in [1.165, 1.54) is 18.4 Å². The van der Waals surface area contributed by atoms with Crippen molar-refractivity contribution in [1.29, 1.82) is 0 Å². The molecule has 2 amide bonds. The maximum absolute atomic E-state index is 12.6. The Morgan fingerprint density at radius 3 is 2.38 bits per heavy atom. The van der Waals surface area contributed by atoms with E-state index in [2.05, 4.69) is 36.1 Å². The van der Waals surface area contributed by atoms with Gasteiger partial charge in [0.15, 0.2) is 0 Å². The highest BCUT2D eigenvalue weighted by Crippen LogP contribution is 2.22. The van der Waals surface area contributed by atoms with Gasteiger partial charge in [-0.05, 0) is 49.7 Å². The molecule has 0 radical (unpaired) electrons. The van der Waals surface area contributed by atoms with Gasteiger partial charge >= 0.3 is 0 Å². The normalized spacial score (nSPS) is 19.0. The highest BCUT2D eigenvalue weighted by Gasteiger charge is 2.30. The topological polar surface area (TPSA) is 40.6 Å². The standard InChI is InChI=1S/C22H32N2O2/c1-2-3-6-18-8-10-19(11-9-18)17-22(26)23-15-12-20(13-16-23)24-14-5-4-7-21(24)25/h8-11,20H,2-7,12-17H2,1H3. The first-order valence-corrected chi connectivity index (χ1v) is 10.3. The van der Waals surface area contributed by atoms with E-state index in [0.717, 1.165) is 57.3 Å². The Balaban J connectivity index is 1.46. The molecule has 1 aromatic carbocycles. The van der Waals surface area contributed by atoms with Crippen LogP contribution in [0.3, 0.4) is 0 Å². The minimum absolute atomic E-state index is 0.217. The molecular formula is C22H32N2O2. The zero-order chi connectivity index (χ0) is 18.4. The van der Waals surface area contributed by atoms with Crippen molar-refractivity contribution in [2.75, 3.05) is 19.6 Å². The molecule has 2 aliphatic heterocycles. The predicted octanol–water partition coefficient (Wildman–Crippen LogP) is 3.58. The van der Waals surface area contributed by atoms with Crippen LogP contribution >= 0.6 is 0 Å². The van der Waals surface area contributed by atoms with Crippen LogP contribution in [0.2, 0.25) is 0 Å². The summed E-state index contributed by atoms with van der Waals surface area (Å²) < 4.78 is 0. The van der Waals surface area contributed by atoms with Gasteiger partial charge in [-0.3, -0.25) is 9.59 Å². The highest BCUT2D eigenvalue weighted by molar-refractivity contribution is 5.79. The number of piperidine rings is 2. The van der Waals surface area contributed by atoms with Gasteiger partial charge in [0.25, 0.3) is 0 Å². The van der Waals surface area contributed by atoms with Crippen LogP contribution in [-0.2, 0) is 22.4 Å². The molecule has 0 saturated carbocycles. The fourth-order valence-electron chi connectivity index (χ4n) is 4.13. The second-order valence-electron chi connectivity index (χ2n) is 7.75. The molecule has 2 saturated heterocycles. The van der Waals surface area contributed by atoms with Crippen LogP contribution < -0.4 is 0 Å². The van der Waals surface area contributed by atoms with Crippen molar-refractivity contribution >= 4 is 11.8 Å². The molecule has 1 aromatic rings. The predicted molar refractivity (Wildman–Crippen MR) is 104 cm³/mol. The van der Waals surface area contributed by atoms with E-state index in [0.29, 0.717) is 24.8 Å². The van der Waals surface area contributed by atoms with E-state index in [4.69, 9.17) is 0 Å². The van der Waals surface area contributed by atoms with Crippen molar-refractivity contribution in [2.24, 2.45) is 0 Å². The lowest BCUT2D eigenvalue weighted by Gasteiger charge is -2.40. The van der Waals surface area contributed by atoms with E-state index in [9.17, 15) is 9.59 Å². The first kappa shape index (κ1) is 18.9. The van der Waals surface area contributed by atoms with Gasteiger partial charge < -0.3 is 9.80 Å². The summed E-state index contributed by atoms with van der Waals surface area (Å²) >= 11 is 0. The number of benzene rings is 1. The van der Waals surface area contributed by atoms with Crippen LogP contribution in [0.4, 0.5) is 0 Å². The van der Waals surface area contributed by atoms with E-state index < -0.39 is 0 Å². The van der Waals surface area contributed by atoms with Crippen LogP contribution in [0.15, 0.2) is 24.3 Å². The quantitative estimate of drug-likeness (QED) is 0.782. The number of hydrogen-bond acceptors (Lipinski definition) is 2. The second-order valence-corrected chi connectivity index (χ2v) is 7.75. The number of nitrogens with zero attached hydrogens (tertiary/aromatic N) is 2. The van der Waals surface area contributed by atoms with Gasteiger partial charge in [0, 0.05) is 32.1 Å². The number of carbonyl (C=O) groups is 2. The van der Waals surface area contributed by atoms with Crippen LogP contribution in [-0.4, -0.2) is 47.3 Å². The molecule has 2 aliphatic rings. The molecule has 2 fully saturated rings. The third-order valence-electron chi connectivity index (χ3n) is 5.82. The molecule has 0 atom stereocenters. The molecule has 0 aromatic heterocycles. The molecule has 4 nitrogen and oxygen atoms in total. The summed E-state index contributed by atoms with van der Waals surface area (Å²) in [4.78, 5) is 28.8. The third kappa shape index (κ3) is 4.87. The molecular weight excluding hydrogens is 324 g/mol. The Morgan fingerprint density at radius 1 is 1.04 bits per heavy atom. The zero-order valence-corrected chi connectivity index (χ0v) is 16.1. The third-order valence-corrected chi connectivity index (χ3v) is 5.82. The Kier molecular flexibility index (Phi) is 6.70. The highest BCUT2D eigenvalue weighted by atomic mass is 16.2. The van der Waals surface area contributed by atoms with Crippen LogP contribution in [0.25, 0.3) is 0 Å². The molecule has 3 rings (SSSR count). The lowest BCUT2D eigenvalue weighted by molar-refractivity contribution is -0.138. The van der Waals surface area contributed by atoms with E-state index in [1.807, 2.05) is 4.90 Å². The van der Waals surface area contributed by atoms with E-state index >= 15 is 0 Å². The Hall–Kier alpha value is -1.84. The fraction of sp³-hybridized carbons (Fsp3) is 0.636. The minimum atomic E-state index is 0.217. The number of unbranched alkanes of at least 4 members (excludes halogenated alkanes) is 1. The summed E-state index contributed by atoms with van der Waals surface area (Å²) in [7, 11) is 0. The molecule has 0 bridgehead atoms. The van der Waals surface area contributed by atoms with Gasteiger partial charge in [-0.15, -0.1) is 0 Å². The maximum atomic E-state index is 12.6. The molecule has 2 heterocycles. The Bertz CT molecular complexity index is 603. The maximum Gasteiger partial charge on any atom is 0.226 e. The summed E-state index contributed by atoms with van der Waals surface area (Å²) in [5.74, 6) is 0.527. The van der Waals surface area contributed by atoms with Crippen molar-refractivity contribution in [1.82, 2.24) is 9.80 Å². The van der Waals surface area contributed by atoms with Gasteiger partial charge in [0.1, 0.15) is 0 Å². The molecule has 26 heavy (non-hydrogen) atoms. The van der Waals surface area contributed by atoms with Crippen molar-refractivity contribution in [2.45, 2.75) is 70.8 Å². The van der Waals surface area contributed by atoms with Crippen LogP contribution in [0.1, 0.15) is 63.0 Å². The van der Waals surface area contributed by atoms with Gasteiger partial charge in [0.2, 0.25) is 11.8 Å². The summed E-state index contributed by atoms with van der Waals surface area (Å²) in [6.45, 7) is 4.67. The monoisotopic (exact) mass is 356 g/mol. The summed E-state index contributed by atoms with van der Waals surface area (Å²) in [6, 6.07) is 8.85. The van der Waals surface area contributed by atoms with Gasteiger partial charge in [-0.25, -0.2) is 0 Å². The lowest BCUT2D eigenvalue weighted by atomic mass is 9.98. The number of amides is 2. The SMILES string of the molecule is CCCCc1ccc(CC(=O)N2CCC(N3CCCCC3=O)CC2)cc1. The largest absolute Gasteiger partial charge is 0.342 e. The van der Waals surface area contributed by atoms with Crippen molar-refractivity contribution < 1.29 is 9.59 Å². The summed E-state index contributed by atoms with van der Waals surface area (Å²) in [6.07, 6.45) is 8.73. The lowest BCUT2D eigenvalue weighted by Crippen LogP contribution is -2.50. The number of aryl methyl sites for hydroxylation is 1. The fourth-order valence-corrected chi connectivity index (χ4v) is 4.13. The van der Waals surface area contributed by atoms with Crippen LogP contribution in [0, 0.1) is 0 Å². The van der Waals surface area contributed by atoms with Crippen molar-refractivity contribution in [3.05, 3.63) is 35.4 Å². The van der Waals surface area contributed by atoms with Gasteiger partial charge in [-0.1, -0.05) is 37.6 Å². The number of likely N-dealkylation sites (tertiary alicyclic amines) is 2. The summed E-state index contributed by atoms with van der Waals surface area (Å²) in [5.41, 5.74) is 2.46. The molecule has 142 valence electrons. The Labute approximate surface area is 157 Å². The second kappa shape index (κ2) is 9.20. The molecule has 0 spiro atoms. The van der Waals surface area contributed by atoms with Gasteiger partial charge in [0.05, 0.1) is 6.42 Å². The smallest absolute Gasteiger partial charge is 0.226 e. The minimum Gasteiger partial charge on any atom is -0.342 e. The van der Waals surface area contributed by atoms with E-state index in [-0.39, 0.29) is 5.91 Å². The van der Waals surface area contributed by atoms with E-state index in [1.54, 1.807) is 0 Å². The van der Waals surface area contributed by atoms with Crippen LogP contribution in [0.5, 0.6) is 0 Å². The van der Waals surface area contributed by atoms with Crippen molar-refractivity contribution in [3.8, 4) is 0 Å². The van der Waals surface area contributed by atoms with Crippen molar-refractivity contribution in [3.63, 3.8) is 0 Å². The number of carbonyl (C=O) groups excluding carboxylic acids is 2. The molecule has 4 heteroatoms. The number of hydrogen-bond donors (Lipinski definition) is 0. The van der Waals surface area contributed by atoms with Gasteiger partial charge in [-0.2, -0.15) is 0 Å². The molecule has 0 N–H and O–H groups in total.